The lowest BCUT2D eigenvalue weighted by molar-refractivity contribution is -0.149. The number of benzene rings is 1. The van der Waals surface area contributed by atoms with Gasteiger partial charge in [0.2, 0.25) is 5.91 Å². The van der Waals surface area contributed by atoms with Gasteiger partial charge in [-0.05, 0) is 50.5 Å². The van der Waals surface area contributed by atoms with E-state index in [0.717, 1.165) is 12.2 Å². The first-order valence-electron chi connectivity index (χ1n) is 9.22. The minimum absolute atomic E-state index is 0.0974. The molecular formula is C20H27NO5. The Bertz CT molecular complexity index is 640. The molecule has 0 unspecified atom stereocenters. The molecule has 1 amide bonds. The summed E-state index contributed by atoms with van der Waals surface area (Å²) < 4.78 is 5.49. The number of carbonyl (C=O) groups is 3. The number of aliphatic carboxylic acids is 1. The third-order valence-electron chi connectivity index (χ3n) is 4.84. The van der Waals surface area contributed by atoms with Crippen LogP contribution < -0.4 is 4.74 Å². The van der Waals surface area contributed by atoms with Crippen LogP contribution in [0.15, 0.2) is 24.3 Å². The Balaban J connectivity index is 1.88. The molecule has 0 radical (unpaired) electrons. The van der Waals surface area contributed by atoms with Crippen molar-refractivity contribution in [2.24, 2.45) is 5.92 Å². The van der Waals surface area contributed by atoms with E-state index in [2.05, 4.69) is 0 Å². The summed E-state index contributed by atoms with van der Waals surface area (Å²) in [5.74, 6) is -0.920. The van der Waals surface area contributed by atoms with Crippen molar-refractivity contribution in [3.63, 3.8) is 0 Å². The van der Waals surface area contributed by atoms with E-state index in [4.69, 9.17) is 4.74 Å². The number of Topliss-reactive ketones (excluding diaryl/α,β-unsaturated/α-hetero) is 1. The zero-order valence-electron chi connectivity index (χ0n) is 15.4. The van der Waals surface area contributed by atoms with Gasteiger partial charge in [0.1, 0.15) is 5.75 Å². The number of piperidine rings is 1. The predicted molar refractivity (Wildman–Crippen MR) is 97.3 cm³/mol. The molecule has 0 bridgehead atoms. The van der Waals surface area contributed by atoms with Gasteiger partial charge in [-0.25, -0.2) is 0 Å². The van der Waals surface area contributed by atoms with Gasteiger partial charge < -0.3 is 14.7 Å². The van der Waals surface area contributed by atoms with Crippen LogP contribution in [0.5, 0.6) is 5.75 Å². The van der Waals surface area contributed by atoms with Crippen LogP contribution in [0, 0.1) is 5.92 Å². The zero-order chi connectivity index (χ0) is 19.1. The molecule has 2 atom stereocenters. The van der Waals surface area contributed by atoms with Crippen LogP contribution in [0.2, 0.25) is 0 Å². The summed E-state index contributed by atoms with van der Waals surface area (Å²) in [6, 6.07) is 6.60. The lowest BCUT2D eigenvalue weighted by Gasteiger charge is -2.37. The van der Waals surface area contributed by atoms with E-state index in [1.807, 2.05) is 6.92 Å². The highest BCUT2D eigenvalue weighted by atomic mass is 16.5. The fraction of sp³-hybridized carbons (Fsp3) is 0.550. The molecule has 6 nitrogen and oxygen atoms in total. The normalized spacial score (nSPS) is 19.8. The Morgan fingerprint density at radius 3 is 2.50 bits per heavy atom. The number of carboxylic acids is 1. The van der Waals surface area contributed by atoms with Crippen molar-refractivity contribution in [1.82, 2.24) is 4.90 Å². The summed E-state index contributed by atoms with van der Waals surface area (Å²) in [5.41, 5.74) is 0.553. The highest BCUT2D eigenvalue weighted by molar-refractivity contribution is 5.98. The molecule has 0 saturated carbocycles. The predicted octanol–water partition coefficient (Wildman–Crippen LogP) is 3.15. The quantitative estimate of drug-likeness (QED) is 0.719. The van der Waals surface area contributed by atoms with Gasteiger partial charge in [-0.2, -0.15) is 0 Å². The smallest absolute Gasteiger partial charge is 0.308 e. The van der Waals surface area contributed by atoms with E-state index in [1.165, 1.54) is 0 Å². The number of amides is 1. The number of hydrogen-bond acceptors (Lipinski definition) is 4. The highest BCUT2D eigenvalue weighted by Crippen LogP contribution is 2.25. The van der Waals surface area contributed by atoms with Gasteiger partial charge in [-0.15, -0.1) is 0 Å². The van der Waals surface area contributed by atoms with Crippen LogP contribution in [0.3, 0.4) is 0 Å². The van der Waals surface area contributed by atoms with E-state index in [0.29, 0.717) is 31.6 Å². The van der Waals surface area contributed by atoms with Gasteiger partial charge >= 0.3 is 5.97 Å². The van der Waals surface area contributed by atoms with Crippen molar-refractivity contribution in [2.75, 3.05) is 13.2 Å². The lowest BCUT2D eigenvalue weighted by Crippen LogP contribution is -2.49. The van der Waals surface area contributed by atoms with Crippen molar-refractivity contribution in [3.05, 3.63) is 29.8 Å². The zero-order valence-corrected chi connectivity index (χ0v) is 15.4. The molecule has 0 spiro atoms. The maximum atomic E-state index is 12.4. The van der Waals surface area contributed by atoms with E-state index in [-0.39, 0.29) is 30.6 Å². The molecule has 1 aromatic rings. The Hall–Kier alpha value is -2.37. The van der Waals surface area contributed by atoms with Gasteiger partial charge in [0.15, 0.2) is 5.78 Å². The molecule has 1 fully saturated rings. The molecule has 0 aliphatic carbocycles. The molecule has 1 aromatic carbocycles. The number of likely N-dealkylation sites (tertiary alicyclic amines) is 1. The van der Waals surface area contributed by atoms with Crippen LogP contribution in [-0.2, 0) is 9.59 Å². The average Bonchev–Trinajstić information content (AvgIpc) is 2.64. The molecule has 1 saturated heterocycles. The molecule has 1 aliphatic heterocycles. The Kier molecular flexibility index (Phi) is 7.18. The van der Waals surface area contributed by atoms with Gasteiger partial charge in [-0.1, -0.05) is 6.92 Å². The maximum absolute atomic E-state index is 12.4. The minimum atomic E-state index is -0.864. The number of carbonyl (C=O) groups excluding carboxylic acids is 2. The van der Waals surface area contributed by atoms with Gasteiger partial charge in [-0.3, -0.25) is 14.4 Å². The second kappa shape index (κ2) is 9.36. The second-order valence-electron chi connectivity index (χ2n) is 6.71. The number of carboxylic acid groups (broad SMARTS) is 1. The third kappa shape index (κ3) is 5.07. The molecule has 26 heavy (non-hydrogen) atoms. The molecule has 1 aliphatic rings. The number of ether oxygens (including phenoxy) is 1. The highest BCUT2D eigenvalue weighted by Gasteiger charge is 2.35. The van der Waals surface area contributed by atoms with Crippen LogP contribution in [0.25, 0.3) is 0 Å². The average molecular weight is 361 g/mol. The van der Waals surface area contributed by atoms with E-state index in [9.17, 15) is 19.5 Å². The van der Waals surface area contributed by atoms with Gasteiger partial charge in [0, 0.05) is 31.0 Å². The summed E-state index contributed by atoms with van der Waals surface area (Å²) in [6.45, 7) is 4.98. The number of nitrogens with zero attached hydrogens (tertiary/aromatic N) is 1. The van der Waals surface area contributed by atoms with Crippen LogP contribution in [0.1, 0.15) is 56.3 Å². The molecule has 1 heterocycles. The summed E-state index contributed by atoms with van der Waals surface area (Å²) in [4.78, 5) is 37.6. The fourth-order valence-corrected chi connectivity index (χ4v) is 3.29. The van der Waals surface area contributed by atoms with Gasteiger partial charge in [0.25, 0.3) is 0 Å². The van der Waals surface area contributed by atoms with E-state index < -0.39 is 11.9 Å². The monoisotopic (exact) mass is 361 g/mol. The fourth-order valence-electron chi connectivity index (χ4n) is 3.29. The largest absolute Gasteiger partial charge is 0.494 e. The van der Waals surface area contributed by atoms with E-state index >= 15 is 0 Å². The first-order valence-corrected chi connectivity index (χ1v) is 9.22. The number of ketones is 1. The van der Waals surface area contributed by atoms with Crippen molar-refractivity contribution >= 4 is 17.7 Å². The Morgan fingerprint density at radius 2 is 1.88 bits per heavy atom. The number of hydrogen-bond donors (Lipinski definition) is 1. The third-order valence-corrected chi connectivity index (χ3v) is 4.84. The first kappa shape index (κ1) is 19.9. The Labute approximate surface area is 154 Å². The molecule has 1 N–H and O–H groups in total. The van der Waals surface area contributed by atoms with Gasteiger partial charge in [0.05, 0.1) is 12.5 Å². The molecule has 0 aromatic heterocycles. The summed E-state index contributed by atoms with van der Waals surface area (Å²) in [5, 5.41) is 9.25. The van der Waals surface area contributed by atoms with Crippen molar-refractivity contribution in [1.29, 1.82) is 0 Å². The minimum Gasteiger partial charge on any atom is -0.494 e. The molecule has 142 valence electrons. The first-order chi connectivity index (χ1) is 12.4. The molecule has 6 heteroatoms. The summed E-state index contributed by atoms with van der Waals surface area (Å²) in [6.07, 6.45) is 2.41. The SMILES string of the molecule is CCCOc1ccc(C(=O)CCC(=O)N2CCC[C@H](C(=O)O)[C@@H]2C)cc1. The van der Waals surface area contributed by atoms with Crippen molar-refractivity contribution < 1.29 is 24.2 Å². The molecular weight excluding hydrogens is 334 g/mol. The van der Waals surface area contributed by atoms with Crippen molar-refractivity contribution in [3.8, 4) is 5.75 Å². The standard InChI is InChI=1S/C20H27NO5/c1-3-13-26-16-8-6-15(7-9-16)18(22)10-11-19(23)21-12-4-5-17(14(21)2)20(24)25/h6-9,14,17H,3-5,10-13H2,1-2H3,(H,24,25)/t14-,17-/m0/s1. The molecule has 2 rings (SSSR count). The second-order valence-corrected chi connectivity index (χ2v) is 6.71. The number of rotatable bonds is 8. The van der Waals surface area contributed by atoms with Crippen LogP contribution in [-0.4, -0.2) is 46.9 Å². The van der Waals surface area contributed by atoms with E-state index in [1.54, 1.807) is 36.1 Å². The van der Waals surface area contributed by atoms with Crippen molar-refractivity contribution in [2.45, 2.75) is 52.0 Å². The summed E-state index contributed by atoms with van der Waals surface area (Å²) >= 11 is 0. The topological polar surface area (TPSA) is 83.9 Å². The Morgan fingerprint density at radius 1 is 1.19 bits per heavy atom. The lowest BCUT2D eigenvalue weighted by atomic mass is 9.90. The van der Waals surface area contributed by atoms with Crippen LogP contribution >= 0.6 is 0 Å². The van der Waals surface area contributed by atoms with Crippen LogP contribution in [0.4, 0.5) is 0 Å². The maximum Gasteiger partial charge on any atom is 0.308 e. The summed E-state index contributed by atoms with van der Waals surface area (Å²) in [7, 11) is 0.